The maximum atomic E-state index is 12.8. The molecule has 1 aliphatic rings. The van der Waals surface area contributed by atoms with Crippen molar-refractivity contribution in [1.82, 2.24) is 9.88 Å². The fourth-order valence-corrected chi connectivity index (χ4v) is 5.50. The fraction of sp³-hybridized carbons (Fsp3) is 0.368. The van der Waals surface area contributed by atoms with Crippen molar-refractivity contribution in [3.63, 3.8) is 0 Å². The molecule has 2 atom stereocenters. The van der Waals surface area contributed by atoms with E-state index in [9.17, 15) is 13.2 Å². The Morgan fingerprint density at radius 2 is 1.81 bits per heavy atom. The third-order valence-electron chi connectivity index (χ3n) is 4.78. The zero-order valence-electron chi connectivity index (χ0n) is 15.0. The van der Waals surface area contributed by atoms with Crippen molar-refractivity contribution in [2.24, 2.45) is 0 Å². The first kappa shape index (κ1) is 20.1. The number of hydrogen-bond acceptors (Lipinski definition) is 4. The molecule has 0 N–H and O–H groups in total. The van der Waals surface area contributed by atoms with Gasteiger partial charge in [0.25, 0.3) is 5.91 Å². The van der Waals surface area contributed by atoms with Gasteiger partial charge in [0.15, 0.2) is 9.84 Å². The third-order valence-corrected chi connectivity index (χ3v) is 7.14. The van der Waals surface area contributed by atoms with Gasteiger partial charge < -0.3 is 4.90 Å². The van der Waals surface area contributed by atoms with Gasteiger partial charge in [0.1, 0.15) is 5.69 Å². The molecule has 0 bridgehead atoms. The summed E-state index contributed by atoms with van der Waals surface area (Å²) in [7, 11) is -3.72. The van der Waals surface area contributed by atoms with Crippen molar-refractivity contribution >= 4 is 38.9 Å². The van der Waals surface area contributed by atoms with E-state index in [2.05, 4.69) is 4.98 Å². The number of hydrogen-bond donors (Lipinski definition) is 0. The predicted molar refractivity (Wildman–Crippen MR) is 106 cm³/mol. The summed E-state index contributed by atoms with van der Waals surface area (Å²) in [5, 5.41) is 0.424. The molecule has 1 amide bonds. The highest BCUT2D eigenvalue weighted by Gasteiger charge is 2.32. The molecule has 2 aromatic rings. The van der Waals surface area contributed by atoms with Crippen molar-refractivity contribution in [3.05, 3.63) is 57.8 Å². The number of benzene rings is 1. The number of sulfone groups is 1. The molecular weight excluding hydrogens is 407 g/mol. The molecule has 5 nitrogen and oxygen atoms in total. The Labute approximate surface area is 169 Å². The zero-order valence-corrected chi connectivity index (χ0v) is 17.4. The van der Waals surface area contributed by atoms with Crippen LogP contribution in [-0.4, -0.2) is 36.3 Å². The van der Waals surface area contributed by atoms with Crippen LogP contribution >= 0.6 is 23.2 Å². The molecule has 0 radical (unpaired) electrons. The summed E-state index contributed by atoms with van der Waals surface area (Å²) < 4.78 is 25.4. The van der Waals surface area contributed by atoms with E-state index in [0.717, 1.165) is 12.8 Å². The topological polar surface area (TPSA) is 67.3 Å². The van der Waals surface area contributed by atoms with Gasteiger partial charge in [-0.15, -0.1) is 0 Å². The van der Waals surface area contributed by atoms with Gasteiger partial charge in [-0.05, 0) is 57.0 Å². The van der Waals surface area contributed by atoms with Crippen LogP contribution in [0.3, 0.4) is 0 Å². The summed E-state index contributed by atoms with van der Waals surface area (Å²) in [4.78, 5) is 18.9. The largest absolute Gasteiger partial charge is 0.332 e. The normalized spacial score (nSPS) is 20.1. The van der Waals surface area contributed by atoms with E-state index in [1.54, 1.807) is 18.2 Å². The molecule has 1 aliphatic heterocycles. The van der Waals surface area contributed by atoms with Crippen molar-refractivity contribution in [2.75, 3.05) is 0 Å². The van der Waals surface area contributed by atoms with Crippen molar-refractivity contribution in [3.8, 4) is 0 Å². The van der Waals surface area contributed by atoms with Crippen molar-refractivity contribution in [2.45, 2.75) is 49.4 Å². The number of carbonyl (C=O) groups excluding carboxylic acids is 1. The second-order valence-electron chi connectivity index (χ2n) is 6.84. The van der Waals surface area contributed by atoms with E-state index in [0.29, 0.717) is 10.7 Å². The minimum atomic E-state index is -3.72. The Hall–Kier alpha value is -1.63. The molecule has 1 aromatic heterocycles. The molecule has 2 heterocycles. The van der Waals surface area contributed by atoms with E-state index in [1.807, 2.05) is 18.7 Å². The van der Waals surface area contributed by atoms with E-state index in [1.165, 1.54) is 18.2 Å². The van der Waals surface area contributed by atoms with Crippen LogP contribution in [0.1, 0.15) is 42.9 Å². The number of amides is 1. The molecule has 144 valence electrons. The standard InChI is InChI=1S/C19H20Cl2N2O3S/c1-12-6-7-13(2)23(12)19(24)17-5-3-4-15(22-17)11-27(25,26)18-9-8-14(20)10-16(18)21/h3-5,8-10,12-13H,6-7,11H2,1-2H3. The van der Waals surface area contributed by atoms with Gasteiger partial charge in [-0.25, -0.2) is 13.4 Å². The van der Waals surface area contributed by atoms with Gasteiger partial charge >= 0.3 is 0 Å². The van der Waals surface area contributed by atoms with E-state index >= 15 is 0 Å². The minimum absolute atomic E-state index is 0.00566. The van der Waals surface area contributed by atoms with Crippen LogP contribution in [0.2, 0.25) is 10.0 Å². The number of rotatable bonds is 4. The highest BCUT2D eigenvalue weighted by atomic mass is 35.5. The Bertz CT molecular complexity index is 969. The van der Waals surface area contributed by atoms with E-state index in [-0.39, 0.29) is 39.4 Å². The number of halogens is 2. The number of aromatic nitrogens is 1. The van der Waals surface area contributed by atoms with E-state index in [4.69, 9.17) is 23.2 Å². The first-order valence-electron chi connectivity index (χ1n) is 8.65. The first-order valence-corrected chi connectivity index (χ1v) is 11.1. The molecule has 0 saturated carbocycles. The summed E-state index contributed by atoms with van der Waals surface area (Å²) in [6.07, 6.45) is 1.91. The molecular formula is C19H20Cl2N2O3S. The Kier molecular flexibility index (Phi) is 5.79. The highest BCUT2D eigenvalue weighted by molar-refractivity contribution is 7.90. The molecule has 1 fully saturated rings. The van der Waals surface area contributed by atoms with Gasteiger partial charge in [-0.2, -0.15) is 0 Å². The minimum Gasteiger partial charge on any atom is -0.332 e. The Morgan fingerprint density at radius 1 is 1.15 bits per heavy atom. The van der Waals surface area contributed by atoms with Gasteiger partial charge in [-0.3, -0.25) is 4.79 Å². The Morgan fingerprint density at radius 3 is 2.44 bits per heavy atom. The van der Waals surface area contributed by atoms with Crippen LogP contribution in [0.15, 0.2) is 41.3 Å². The molecule has 8 heteroatoms. The number of nitrogens with zero attached hydrogens (tertiary/aromatic N) is 2. The summed E-state index contributed by atoms with van der Waals surface area (Å²) in [6.45, 7) is 4.02. The second kappa shape index (κ2) is 7.78. The smallest absolute Gasteiger partial charge is 0.272 e. The summed E-state index contributed by atoms with van der Waals surface area (Å²) in [6, 6.07) is 9.40. The maximum absolute atomic E-state index is 12.8. The van der Waals surface area contributed by atoms with Gasteiger partial charge in [0, 0.05) is 17.1 Å². The molecule has 27 heavy (non-hydrogen) atoms. The van der Waals surface area contributed by atoms with Crippen LogP contribution in [0.5, 0.6) is 0 Å². The van der Waals surface area contributed by atoms with Crippen LogP contribution < -0.4 is 0 Å². The van der Waals surface area contributed by atoms with Gasteiger partial charge in [0.2, 0.25) is 0 Å². The molecule has 0 aliphatic carbocycles. The predicted octanol–water partition coefficient (Wildman–Crippen LogP) is 4.38. The fourth-order valence-electron chi connectivity index (χ4n) is 3.41. The summed E-state index contributed by atoms with van der Waals surface area (Å²) in [5.41, 5.74) is 0.553. The lowest BCUT2D eigenvalue weighted by Crippen LogP contribution is -2.39. The van der Waals surface area contributed by atoms with Crippen LogP contribution in [0.25, 0.3) is 0 Å². The SMILES string of the molecule is CC1CCC(C)N1C(=O)c1cccc(CS(=O)(=O)c2ccc(Cl)cc2Cl)n1. The first-order chi connectivity index (χ1) is 12.7. The quantitative estimate of drug-likeness (QED) is 0.727. The van der Waals surface area contributed by atoms with Crippen molar-refractivity contribution in [1.29, 1.82) is 0 Å². The lowest BCUT2D eigenvalue weighted by Gasteiger charge is -2.26. The second-order valence-corrected chi connectivity index (χ2v) is 9.64. The molecule has 3 rings (SSSR count). The number of pyridine rings is 1. The van der Waals surface area contributed by atoms with Crippen molar-refractivity contribution < 1.29 is 13.2 Å². The molecule has 1 saturated heterocycles. The molecule has 2 unspecified atom stereocenters. The van der Waals surface area contributed by atoms with Gasteiger partial charge in [-0.1, -0.05) is 29.3 Å². The Balaban J connectivity index is 1.86. The maximum Gasteiger partial charge on any atom is 0.272 e. The monoisotopic (exact) mass is 426 g/mol. The number of likely N-dealkylation sites (tertiary alicyclic amines) is 1. The zero-order chi connectivity index (χ0) is 19.8. The third kappa shape index (κ3) is 4.28. The highest BCUT2D eigenvalue weighted by Crippen LogP contribution is 2.28. The molecule has 0 spiro atoms. The lowest BCUT2D eigenvalue weighted by atomic mass is 10.2. The average Bonchev–Trinajstić information content (AvgIpc) is 2.92. The van der Waals surface area contributed by atoms with Crippen LogP contribution in [0, 0.1) is 0 Å². The van der Waals surface area contributed by atoms with E-state index < -0.39 is 9.84 Å². The lowest BCUT2D eigenvalue weighted by molar-refractivity contribution is 0.0686. The van der Waals surface area contributed by atoms with Crippen LogP contribution in [-0.2, 0) is 15.6 Å². The molecule has 1 aromatic carbocycles. The van der Waals surface area contributed by atoms with Gasteiger partial charge in [0.05, 0.1) is 21.4 Å². The number of carbonyl (C=O) groups is 1. The average molecular weight is 427 g/mol. The summed E-state index contributed by atoms with van der Waals surface area (Å²) in [5.74, 6) is -0.517. The van der Waals surface area contributed by atoms with Crippen LogP contribution in [0.4, 0.5) is 0 Å². The summed E-state index contributed by atoms with van der Waals surface area (Å²) >= 11 is 11.9.